The summed E-state index contributed by atoms with van der Waals surface area (Å²) >= 11 is 0. The molecular formula is C18H23N7O. The Morgan fingerprint density at radius 3 is 2.85 bits per heavy atom. The van der Waals surface area contributed by atoms with E-state index in [1.54, 1.807) is 23.4 Å². The van der Waals surface area contributed by atoms with Crippen molar-refractivity contribution < 1.29 is 4.79 Å². The molecule has 0 radical (unpaired) electrons. The molecule has 0 fully saturated rings. The van der Waals surface area contributed by atoms with Crippen molar-refractivity contribution in [2.24, 2.45) is 17.3 Å². The van der Waals surface area contributed by atoms with E-state index in [1.807, 2.05) is 28.9 Å². The average Bonchev–Trinajstić information content (AvgIpc) is 3.01. The highest BCUT2D eigenvalue weighted by Crippen LogP contribution is 2.37. The predicted octanol–water partition coefficient (Wildman–Crippen LogP) is 2.00. The van der Waals surface area contributed by atoms with Crippen molar-refractivity contribution >= 4 is 5.91 Å². The molecule has 1 amide bonds. The van der Waals surface area contributed by atoms with Crippen molar-refractivity contribution in [3.63, 3.8) is 0 Å². The van der Waals surface area contributed by atoms with Crippen LogP contribution >= 0.6 is 0 Å². The fraction of sp³-hybridized carbons (Fsp3) is 0.500. The first-order valence-electron chi connectivity index (χ1n) is 8.69. The second-order valence-corrected chi connectivity index (χ2v) is 6.52. The topological polar surface area (TPSA) is 80.7 Å². The first-order valence-corrected chi connectivity index (χ1v) is 8.69. The molecule has 0 unspecified atom stereocenters. The summed E-state index contributed by atoms with van der Waals surface area (Å²) in [5, 5.41) is 12.4. The van der Waals surface area contributed by atoms with Crippen molar-refractivity contribution in [1.82, 2.24) is 24.2 Å². The summed E-state index contributed by atoms with van der Waals surface area (Å²) < 4.78 is 3.70. The molecule has 3 heterocycles. The molecule has 3 rings (SSSR count). The Morgan fingerprint density at radius 2 is 2.23 bits per heavy atom. The maximum Gasteiger partial charge on any atom is 0.223 e. The second-order valence-electron chi connectivity index (χ2n) is 6.52. The summed E-state index contributed by atoms with van der Waals surface area (Å²) in [5.74, 6) is 2.70. The summed E-state index contributed by atoms with van der Waals surface area (Å²) in [7, 11) is 1.87. The molecule has 0 atom stereocenters. The van der Waals surface area contributed by atoms with Crippen LogP contribution in [0.15, 0.2) is 41.3 Å². The lowest BCUT2D eigenvalue weighted by Crippen LogP contribution is -2.34. The number of carbonyl (C=O) groups excluding carboxylic acids is 1. The van der Waals surface area contributed by atoms with Gasteiger partial charge in [-0.25, -0.2) is 4.98 Å². The zero-order valence-corrected chi connectivity index (χ0v) is 15.0. The van der Waals surface area contributed by atoms with Gasteiger partial charge in [-0.1, -0.05) is 0 Å². The van der Waals surface area contributed by atoms with Crippen LogP contribution < -0.4 is 0 Å². The third kappa shape index (κ3) is 4.79. The lowest BCUT2D eigenvalue weighted by atomic mass is 10.0. The molecule has 136 valence electrons. The molecule has 2 aromatic rings. The first kappa shape index (κ1) is 17.9. The Kier molecular flexibility index (Phi) is 5.46. The average molecular weight is 353 g/mol. The zero-order valence-electron chi connectivity index (χ0n) is 15.0. The molecule has 0 aliphatic carbocycles. The van der Waals surface area contributed by atoms with Gasteiger partial charge in [-0.15, -0.1) is 12.3 Å². The fourth-order valence-electron chi connectivity index (χ4n) is 2.85. The van der Waals surface area contributed by atoms with Crippen LogP contribution in [0.4, 0.5) is 0 Å². The maximum atomic E-state index is 12.8. The number of carbonyl (C=O) groups is 1. The maximum absolute atomic E-state index is 12.8. The Morgan fingerprint density at radius 1 is 1.38 bits per heavy atom. The summed E-state index contributed by atoms with van der Waals surface area (Å²) in [6.45, 7) is 1.84. The Labute approximate surface area is 152 Å². The van der Waals surface area contributed by atoms with Crippen molar-refractivity contribution in [1.29, 1.82) is 0 Å². The van der Waals surface area contributed by atoms with Gasteiger partial charge in [0.05, 0.1) is 12.5 Å². The number of rotatable bonds is 10. The van der Waals surface area contributed by atoms with E-state index in [0.717, 1.165) is 5.56 Å². The molecule has 8 heteroatoms. The third-order valence-electron chi connectivity index (χ3n) is 4.46. The molecule has 0 N–H and O–H groups in total. The van der Waals surface area contributed by atoms with Crippen LogP contribution in [0.25, 0.3) is 0 Å². The van der Waals surface area contributed by atoms with E-state index in [1.165, 1.54) is 0 Å². The third-order valence-corrected chi connectivity index (χ3v) is 4.46. The van der Waals surface area contributed by atoms with Gasteiger partial charge in [-0.2, -0.15) is 15.3 Å². The van der Waals surface area contributed by atoms with E-state index in [4.69, 9.17) is 6.42 Å². The normalized spacial score (nSPS) is 14.2. The molecule has 2 aromatic heterocycles. The summed E-state index contributed by atoms with van der Waals surface area (Å²) in [4.78, 5) is 18.7. The van der Waals surface area contributed by atoms with Crippen LogP contribution in [0, 0.1) is 12.3 Å². The smallest absolute Gasteiger partial charge is 0.223 e. The van der Waals surface area contributed by atoms with Crippen molar-refractivity contribution in [2.45, 2.75) is 44.4 Å². The number of nitrogens with zero attached hydrogens (tertiary/aromatic N) is 7. The van der Waals surface area contributed by atoms with Crippen molar-refractivity contribution in [3.05, 3.63) is 36.7 Å². The molecule has 0 saturated carbocycles. The summed E-state index contributed by atoms with van der Waals surface area (Å²) in [6, 6.07) is 0. The van der Waals surface area contributed by atoms with Crippen LogP contribution in [-0.4, -0.2) is 42.3 Å². The zero-order chi connectivity index (χ0) is 18.4. The summed E-state index contributed by atoms with van der Waals surface area (Å²) in [5.41, 5.74) is 0.584. The summed E-state index contributed by atoms with van der Waals surface area (Å²) in [6.07, 6.45) is 16.8. The van der Waals surface area contributed by atoms with Crippen LogP contribution in [0.5, 0.6) is 0 Å². The predicted molar refractivity (Wildman–Crippen MR) is 95.7 cm³/mol. The minimum absolute atomic E-state index is 0.0892. The Hall–Kier alpha value is -2.95. The van der Waals surface area contributed by atoms with Gasteiger partial charge in [0.25, 0.3) is 0 Å². The highest BCUT2D eigenvalue weighted by molar-refractivity contribution is 5.76. The van der Waals surface area contributed by atoms with Gasteiger partial charge in [-0.3, -0.25) is 9.48 Å². The largest absolute Gasteiger partial charge is 0.336 e. The van der Waals surface area contributed by atoms with Crippen LogP contribution in [0.3, 0.4) is 0 Å². The molecule has 1 aliphatic heterocycles. The van der Waals surface area contributed by atoms with E-state index in [-0.39, 0.29) is 5.91 Å². The molecule has 1 aliphatic rings. The lowest BCUT2D eigenvalue weighted by Gasteiger charge is -2.23. The quantitative estimate of drug-likeness (QED) is 0.613. The SMILES string of the molecule is C#CCCC1(CCC(=O)N(CCn2ccnc2)Cc2cnn(C)c2)N=N1. The van der Waals surface area contributed by atoms with Gasteiger partial charge in [0.1, 0.15) is 0 Å². The Bertz CT molecular complexity index is 794. The van der Waals surface area contributed by atoms with Gasteiger partial charge in [0, 0.05) is 76.5 Å². The molecule has 8 nitrogen and oxygen atoms in total. The van der Waals surface area contributed by atoms with E-state index >= 15 is 0 Å². The second kappa shape index (κ2) is 7.95. The Balaban J connectivity index is 1.58. The van der Waals surface area contributed by atoms with Gasteiger partial charge >= 0.3 is 0 Å². The number of aryl methyl sites for hydroxylation is 1. The molecule has 0 saturated heterocycles. The van der Waals surface area contributed by atoms with Gasteiger partial charge in [0.2, 0.25) is 5.91 Å². The van der Waals surface area contributed by atoms with Gasteiger partial charge < -0.3 is 9.47 Å². The number of hydrogen-bond donors (Lipinski definition) is 0. The number of amides is 1. The first-order chi connectivity index (χ1) is 12.6. The highest BCUT2D eigenvalue weighted by atomic mass is 16.2. The number of aromatic nitrogens is 4. The van der Waals surface area contributed by atoms with Gasteiger partial charge in [0.15, 0.2) is 5.66 Å². The molecule has 0 spiro atoms. The van der Waals surface area contributed by atoms with Crippen LogP contribution in [0.2, 0.25) is 0 Å². The number of hydrogen-bond acceptors (Lipinski definition) is 5. The van der Waals surface area contributed by atoms with E-state index < -0.39 is 5.66 Å². The van der Waals surface area contributed by atoms with Gasteiger partial charge in [-0.05, 0) is 0 Å². The van der Waals surface area contributed by atoms with E-state index in [2.05, 4.69) is 26.2 Å². The number of terminal acetylenes is 1. The fourth-order valence-corrected chi connectivity index (χ4v) is 2.85. The number of imidazole rings is 1. The van der Waals surface area contributed by atoms with Crippen molar-refractivity contribution in [2.75, 3.05) is 6.54 Å². The van der Waals surface area contributed by atoms with Crippen LogP contribution in [0.1, 0.15) is 31.2 Å². The minimum Gasteiger partial charge on any atom is -0.336 e. The lowest BCUT2D eigenvalue weighted by molar-refractivity contribution is -0.132. The molecular weight excluding hydrogens is 330 g/mol. The molecule has 26 heavy (non-hydrogen) atoms. The standard InChI is InChI=1S/C18H23N7O/c1-3-4-6-18(21-22-18)7-5-17(26)25(11-10-24-9-8-19-15-24)14-16-12-20-23(2)13-16/h1,8-9,12-13,15H,4-7,10-11,14H2,2H3. The highest BCUT2D eigenvalue weighted by Gasteiger charge is 2.39. The van der Waals surface area contributed by atoms with E-state index in [9.17, 15) is 4.79 Å². The van der Waals surface area contributed by atoms with Crippen molar-refractivity contribution in [3.8, 4) is 12.3 Å². The van der Waals surface area contributed by atoms with Crippen LogP contribution in [-0.2, 0) is 24.9 Å². The van der Waals surface area contributed by atoms with E-state index in [0.29, 0.717) is 45.3 Å². The molecule has 0 aromatic carbocycles. The monoisotopic (exact) mass is 353 g/mol. The minimum atomic E-state index is -0.424. The molecule has 0 bridgehead atoms.